The molecular weight excluding hydrogens is 380 g/mol. The van der Waals surface area contributed by atoms with Crippen LogP contribution in [0.1, 0.15) is 40.2 Å². The van der Waals surface area contributed by atoms with Crippen LogP contribution >= 0.6 is 27.5 Å². The molecule has 130 valence electrons. The first-order chi connectivity index (χ1) is 10.6. The van der Waals surface area contributed by atoms with E-state index in [1.165, 1.54) is 0 Å². The van der Waals surface area contributed by atoms with Crippen LogP contribution in [0.4, 0.5) is 4.79 Å². The Morgan fingerprint density at radius 3 is 2.57 bits per heavy atom. The van der Waals surface area contributed by atoms with Gasteiger partial charge in [0.05, 0.1) is 5.02 Å². The molecule has 1 rings (SSSR count). The topological polar surface area (TPSA) is 41.6 Å². The Morgan fingerprint density at radius 2 is 2.04 bits per heavy atom. The zero-order chi connectivity index (χ0) is 17.6. The molecule has 0 saturated carbocycles. The van der Waals surface area contributed by atoms with Crippen LogP contribution in [0.5, 0.6) is 0 Å². The average Bonchev–Trinajstić information content (AvgIpc) is 2.40. The summed E-state index contributed by atoms with van der Waals surface area (Å²) in [6, 6.07) is 5.93. The summed E-state index contributed by atoms with van der Waals surface area (Å²) in [4.78, 5) is 13.9. The van der Waals surface area contributed by atoms with Crippen molar-refractivity contribution in [2.24, 2.45) is 0 Å². The molecule has 6 heteroatoms. The number of hydrogen-bond acceptors (Lipinski definition) is 3. The summed E-state index contributed by atoms with van der Waals surface area (Å²) in [5.74, 6) is 0. The molecule has 23 heavy (non-hydrogen) atoms. The Morgan fingerprint density at radius 1 is 1.39 bits per heavy atom. The highest BCUT2D eigenvalue weighted by molar-refractivity contribution is 9.10. The Bertz CT molecular complexity index is 530. The van der Waals surface area contributed by atoms with Crippen molar-refractivity contribution < 1.29 is 9.53 Å². The number of benzene rings is 1. The third-order valence-electron chi connectivity index (χ3n) is 3.09. The number of carbonyl (C=O) groups is 1. The molecule has 0 aliphatic rings. The smallest absolute Gasteiger partial charge is 0.410 e. The quantitative estimate of drug-likeness (QED) is 0.689. The third-order valence-corrected chi connectivity index (χ3v) is 4.31. The second-order valence-corrected chi connectivity index (χ2v) is 7.95. The minimum Gasteiger partial charge on any atom is -0.444 e. The number of carbonyl (C=O) groups excluding carboxylic acids is 1. The number of rotatable bonds is 6. The monoisotopic (exact) mass is 404 g/mol. The normalized spacial score (nSPS) is 11.7. The van der Waals surface area contributed by atoms with Gasteiger partial charge in [-0.15, -0.1) is 0 Å². The summed E-state index contributed by atoms with van der Waals surface area (Å²) in [6.45, 7) is 11.6. The van der Waals surface area contributed by atoms with E-state index in [2.05, 4.69) is 21.2 Å². The Kier molecular flexibility index (Phi) is 7.84. The highest BCUT2D eigenvalue weighted by Crippen LogP contribution is 2.23. The van der Waals surface area contributed by atoms with Gasteiger partial charge >= 0.3 is 6.09 Å². The Labute approximate surface area is 152 Å². The zero-order valence-electron chi connectivity index (χ0n) is 14.5. The van der Waals surface area contributed by atoms with Crippen molar-refractivity contribution in [1.82, 2.24) is 10.2 Å². The largest absolute Gasteiger partial charge is 0.444 e. The van der Waals surface area contributed by atoms with Crippen LogP contribution in [0.3, 0.4) is 0 Å². The summed E-state index contributed by atoms with van der Waals surface area (Å²) in [5, 5.41) is 4.04. The van der Waals surface area contributed by atoms with Crippen molar-refractivity contribution >= 4 is 33.6 Å². The van der Waals surface area contributed by atoms with Crippen LogP contribution in [-0.2, 0) is 11.3 Å². The molecule has 0 bridgehead atoms. The fraction of sp³-hybridized carbons (Fsp3) is 0.588. The third kappa shape index (κ3) is 7.55. The fourth-order valence-corrected chi connectivity index (χ4v) is 2.51. The molecule has 0 atom stereocenters. The van der Waals surface area contributed by atoms with Gasteiger partial charge in [-0.1, -0.05) is 17.7 Å². The van der Waals surface area contributed by atoms with Crippen molar-refractivity contribution in [3.05, 3.63) is 33.3 Å². The molecule has 0 unspecified atom stereocenters. The lowest BCUT2D eigenvalue weighted by molar-refractivity contribution is 0.0193. The van der Waals surface area contributed by atoms with Crippen molar-refractivity contribution in [3.8, 4) is 0 Å². The maximum absolute atomic E-state index is 12.2. The summed E-state index contributed by atoms with van der Waals surface area (Å²) in [5.41, 5.74) is 0.655. The van der Waals surface area contributed by atoms with Gasteiger partial charge in [-0.2, -0.15) is 0 Å². The lowest BCUT2D eigenvalue weighted by atomic mass is 10.2. The summed E-state index contributed by atoms with van der Waals surface area (Å²) in [6.07, 6.45) is -0.275. The summed E-state index contributed by atoms with van der Waals surface area (Å²) < 4.78 is 6.33. The molecule has 0 fully saturated rings. The number of ether oxygens (including phenoxy) is 1. The zero-order valence-corrected chi connectivity index (χ0v) is 16.8. The highest BCUT2D eigenvalue weighted by atomic mass is 79.9. The SMILES string of the molecule is CC(C)N(CCNCc1ccc(Cl)c(Br)c1)C(=O)OC(C)(C)C. The molecule has 0 aromatic heterocycles. The molecule has 4 nitrogen and oxygen atoms in total. The van der Waals surface area contributed by atoms with Crippen LogP contribution in [0, 0.1) is 0 Å². The Balaban J connectivity index is 2.47. The van der Waals surface area contributed by atoms with E-state index in [0.29, 0.717) is 18.1 Å². The average molecular weight is 406 g/mol. The molecule has 1 amide bonds. The predicted octanol–water partition coefficient (Wildman–Crippen LogP) is 4.84. The molecule has 0 heterocycles. The number of halogens is 2. The minimum atomic E-state index is -0.479. The minimum absolute atomic E-state index is 0.0938. The molecule has 0 saturated heterocycles. The lowest BCUT2D eigenvalue weighted by Gasteiger charge is -2.30. The maximum atomic E-state index is 12.2. The van der Waals surface area contributed by atoms with Gasteiger partial charge < -0.3 is 15.0 Å². The summed E-state index contributed by atoms with van der Waals surface area (Å²) >= 11 is 9.40. The van der Waals surface area contributed by atoms with Crippen molar-refractivity contribution in [1.29, 1.82) is 0 Å². The molecule has 0 aliphatic heterocycles. The van der Waals surface area contributed by atoms with Crippen molar-refractivity contribution in [2.75, 3.05) is 13.1 Å². The van der Waals surface area contributed by atoms with E-state index in [1.807, 2.05) is 52.8 Å². The van der Waals surface area contributed by atoms with E-state index in [4.69, 9.17) is 16.3 Å². The molecule has 0 radical (unpaired) electrons. The van der Waals surface area contributed by atoms with Crippen LogP contribution < -0.4 is 5.32 Å². The van der Waals surface area contributed by atoms with Gasteiger partial charge in [-0.3, -0.25) is 0 Å². The van der Waals surface area contributed by atoms with Gasteiger partial charge in [0, 0.05) is 30.1 Å². The first kappa shape index (κ1) is 20.3. The first-order valence-corrected chi connectivity index (χ1v) is 8.91. The fourth-order valence-electron chi connectivity index (χ4n) is 1.96. The molecule has 1 aromatic rings. The highest BCUT2D eigenvalue weighted by Gasteiger charge is 2.23. The molecule has 0 aliphatic carbocycles. The molecule has 0 spiro atoms. The van der Waals surface area contributed by atoms with Crippen molar-refractivity contribution in [3.63, 3.8) is 0 Å². The predicted molar refractivity (Wildman–Crippen MR) is 98.9 cm³/mol. The second-order valence-electron chi connectivity index (χ2n) is 6.69. The van der Waals surface area contributed by atoms with Crippen LogP contribution in [0.15, 0.2) is 22.7 Å². The van der Waals surface area contributed by atoms with Gasteiger partial charge in [0.15, 0.2) is 0 Å². The number of nitrogens with zero attached hydrogens (tertiary/aromatic N) is 1. The number of nitrogens with one attached hydrogen (secondary N) is 1. The molecular formula is C17H26BrClN2O2. The number of amides is 1. The van der Waals surface area contributed by atoms with E-state index in [9.17, 15) is 4.79 Å². The van der Waals surface area contributed by atoms with Crippen LogP contribution in [0.2, 0.25) is 5.02 Å². The van der Waals surface area contributed by atoms with E-state index in [-0.39, 0.29) is 12.1 Å². The second kappa shape index (κ2) is 8.90. The van der Waals surface area contributed by atoms with Crippen LogP contribution in [0.25, 0.3) is 0 Å². The van der Waals surface area contributed by atoms with E-state index in [1.54, 1.807) is 4.90 Å². The van der Waals surface area contributed by atoms with E-state index < -0.39 is 5.60 Å². The Hall–Kier alpha value is -0.780. The first-order valence-electron chi connectivity index (χ1n) is 7.74. The standard InChI is InChI=1S/C17H26BrClN2O2/c1-12(2)21(16(22)23-17(3,4)5)9-8-20-11-13-6-7-15(19)14(18)10-13/h6-7,10,12,20H,8-9,11H2,1-5H3. The lowest BCUT2D eigenvalue weighted by Crippen LogP contribution is -2.44. The van der Waals surface area contributed by atoms with E-state index in [0.717, 1.165) is 16.6 Å². The number of hydrogen-bond donors (Lipinski definition) is 1. The molecule has 1 aromatic carbocycles. The molecule has 1 N–H and O–H groups in total. The van der Waals surface area contributed by atoms with Gasteiger partial charge in [-0.05, 0) is 68.2 Å². The van der Waals surface area contributed by atoms with Gasteiger partial charge in [-0.25, -0.2) is 4.79 Å². The maximum Gasteiger partial charge on any atom is 0.410 e. The van der Waals surface area contributed by atoms with Gasteiger partial charge in [0.2, 0.25) is 0 Å². The van der Waals surface area contributed by atoms with Crippen molar-refractivity contribution in [2.45, 2.75) is 52.8 Å². The summed E-state index contributed by atoms with van der Waals surface area (Å²) in [7, 11) is 0. The van der Waals surface area contributed by atoms with Gasteiger partial charge in [0.1, 0.15) is 5.60 Å². The van der Waals surface area contributed by atoms with E-state index >= 15 is 0 Å². The van der Waals surface area contributed by atoms with Crippen LogP contribution in [-0.4, -0.2) is 35.7 Å². The van der Waals surface area contributed by atoms with Gasteiger partial charge in [0.25, 0.3) is 0 Å².